The van der Waals surface area contributed by atoms with Gasteiger partial charge in [-0.05, 0) is 37.7 Å². The number of benzene rings is 2. The molecule has 0 aliphatic carbocycles. The van der Waals surface area contributed by atoms with Gasteiger partial charge in [-0.15, -0.1) is 0 Å². The molecule has 0 radical (unpaired) electrons. The lowest BCUT2D eigenvalue weighted by molar-refractivity contribution is 0.400. The zero-order valence-corrected chi connectivity index (χ0v) is 12.6. The van der Waals surface area contributed by atoms with Gasteiger partial charge in [0.05, 0.1) is 0 Å². The summed E-state index contributed by atoms with van der Waals surface area (Å²) in [4.78, 5) is 2.21. The molecule has 0 aliphatic rings. The highest BCUT2D eigenvalue weighted by Gasteiger charge is 2.06. The van der Waals surface area contributed by atoms with Crippen molar-refractivity contribution < 1.29 is 0 Å². The van der Waals surface area contributed by atoms with Gasteiger partial charge in [0, 0.05) is 19.1 Å². The predicted molar refractivity (Wildman–Crippen MR) is 85.5 cm³/mol. The van der Waals surface area contributed by atoms with Crippen LogP contribution in [0.2, 0.25) is 0 Å². The number of hydrogen-bond donors (Lipinski definition) is 1. The Hall–Kier alpha value is -1.64. The Bertz CT molecular complexity index is 520. The molecular formula is C18H24N2. The zero-order valence-electron chi connectivity index (χ0n) is 12.6. The molecule has 1 N–H and O–H groups in total. The quantitative estimate of drug-likeness (QED) is 0.861. The van der Waals surface area contributed by atoms with E-state index in [1.54, 1.807) is 0 Å². The number of hydrogen-bond acceptors (Lipinski definition) is 2. The highest BCUT2D eigenvalue weighted by Crippen LogP contribution is 2.15. The highest BCUT2D eigenvalue weighted by atomic mass is 15.0. The molecule has 0 saturated carbocycles. The van der Waals surface area contributed by atoms with Crippen molar-refractivity contribution in [3.05, 3.63) is 71.3 Å². The van der Waals surface area contributed by atoms with Gasteiger partial charge in [-0.3, -0.25) is 0 Å². The van der Waals surface area contributed by atoms with Crippen molar-refractivity contribution >= 4 is 0 Å². The number of nitrogens with zero attached hydrogens (tertiary/aromatic N) is 1. The Morgan fingerprint density at radius 3 is 2.15 bits per heavy atom. The minimum Gasteiger partial charge on any atom is -0.306 e. The predicted octanol–water partition coefficient (Wildman–Crippen LogP) is 3.60. The second kappa shape index (κ2) is 7.22. The van der Waals surface area contributed by atoms with E-state index in [4.69, 9.17) is 0 Å². The van der Waals surface area contributed by atoms with Crippen LogP contribution in [-0.2, 0) is 13.1 Å². The second-order valence-corrected chi connectivity index (χ2v) is 5.52. The molecule has 2 rings (SSSR count). The highest BCUT2D eigenvalue weighted by molar-refractivity contribution is 5.27. The fraction of sp³-hybridized carbons (Fsp3) is 0.333. The first-order valence-electron chi connectivity index (χ1n) is 7.16. The second-order valence-electron chi connectivity index (χ2n) is 5.52. The molecule has 0 heterocycles. The lowest BCUT2D eigenvalue weighted by Crippen LogP contribution is -2.20. The Morgan fingerprint density at radius 2 is 1.50 bits per heavy atom. The molecular weight excluding hydrogens is 244 g/mol. The Kier molecular flexibility index (Phi) is 5.33. The monoisotopic (exact) mass is 268 g/mol. The smallest absolute Gasteiger partial charge is 0.0294 e. The van der Waals surface area contributed by atoms with E-state index in [9.17, 15) is 0 Å². The summed E-state index contributed by atoms with van der Waals surface area (Å²) < 4.78 is 0. The van der Waals surface area contributed by atoms with E-state index in [0.717, 1.165) is 13.1 Å². The molecule has 2 aromatic rings. The first kappa shape index (κ1) is 14.8. The summed E-state index contributed by atoms with van der Waals surface area (Å²) in [5.74, 6) is 0. The van der Waals surface area contributed by atoms with E-state index in [0.29, 0.717) is 6.04 Å². The van der Waals surface area contributed by atoms with E-state index >= 15 is 0 Å². The lowest BCUT2D eigenvalue weighted by Gasteiger charge is -2.18. The van der Waals surface area contributed by atoms with Crippen LogP contribution in [0.15, 0.2) is 54.6 Å². The summed E-state index contributed by atoms with van der Waals surface area (Å²) in [7, 11) is 4.22. The number of rotatable bonds is 6. The van der Waals surface area contributed by atoms with E-state index in [2.05, 4.69) is 85.8 Å². The molecule has 0 fully saturated rings. The van der Waals surface area contributed by atoms with Gasteiger partial charge >= 0.3 is 0 Å². The van der Waals surface area contributed by atoms with Crippen molar-refractivity contribution in [1.82, 2.24) is 10.2 Å². The number of nitrogens with one attached hydrogen (secondary N) is 1. The van der Waals surface area contributed by atoms with Crippen LogP contribution in [0.1, 0.15) is 29.7 Å². The van der Waals surface area contributed by atoms with E-state index in [1.807, 2.05) is 0 Å². The van der Waals surface area contributed by atoms with E-state index in [1.165, 1.54) is 16.7 Å². The van der Waals surface area contributed by atoms with Gasteiger partial charge in [0.25, 0.3) is 0 Å². The summed E-state index contributed by atoms with van der Waals surface area (Å²) in [6, 6.07) is 19.6. The maximum Gasteiger partial charge on any atom is 0.0294 e. The average Bonchev–Trinajstić information content (AvgIpc) is 2.46. The van der Waals surface area contributed by atoms with Crippen LogP contribution in [0.5, 0.6) is 0 Å². The van der Waals surface area contributed by atoms with Crippen LogP contribution < -0.4 is 5.32 Å². The molecule has 1 unspecified atom stereocenters. The molecule has 1 atom stereocenters. The molecule has 2 aromatic carbocycles. The third kappa shape index (κ3) is 4.19. The van der Waals surface area contributed by atoms with Gasteiger partial charge in [-0.1, -0.05) is 54.6 Å². The van der Waals surface area contributed by atoms with Crippen molar-refractivity contribution in [2.45, 2.75) is 26.1 Å². The van der Waals surface area contributed by atoms with Gasteiger partial charge in [-0.25, -0.2) is 0 Å². The fourth-order valence-electron chi connectivity index (χ4n) is 2.35. The minimum absolute atomic E-state index is 0.364. The van der Waals surface area contributed by atoms with Gasteiger partial charge in [0.15, 0.2) is 0 Å². The standard InChI is InChI=1S/C18H24N2/c1-15(16-9-5-4-6-10-16)19-13-17-11-7-8-12-18(17)14-20(2)3/h4-12,15,19H,13-14H2,1-3H3. The van der Waals surface area contributed by atoms with Gasteiger partial charge < -0.3 is 10.2 Å². The van der Waals surface area contributed by atoms with Gasteiger partial charge in [0.1, 0.15) is 0 Å². The molecule has 0 bridgehead atoms. The van der Waals surface area contributed by atoms with Crippen LogP contribution in [0.4, 0.5) is 0 Å². The maximum atomic E-state index is 3.61. The first-order valence-corrected chi connectivity index (χ1v) is 7.16. The van der Waals surface area contributed by atoms with Crippen molar-refractivity contribution in [3.63, 3.8) is 0 Å². The van der Waals surface area contributed by atoms with Crippen LogP contribution in [0.25, 0.3) is 0 Å². The summed E-state index contributed by atoms with van der Waals surface area (Å²) in [5, 5.41) is 3.61. The van der Waals surface area contributed by atoms with Gasteiger partial charge in [-0.2, -0.15) is 0 Å². The van der Waals surface area contributed by atoms with Crippen molar-refractivity contribution in [3.8, 4) is 0 Å². The zero-order chi connectivity index (χ0) is 14.4. The molecule has 2 heteroatoms. The minimum atomic E-state index is 0.364. The topological polar surface area (TPSA) is 15.3 Å². The molecule has 0 spiro atoms. The molecule has 0 saturated heterocycles. The van der Waals surface area contributed by atoms with E-state index < -0.39 is 0 Å². The molecule has 0 aromatic heterocycles. The van der Waals surface area contributed by atoms with Crippen LogP contribution >= 0.6 is 0 Å². The van der Waals surface area contributed by atoms with E-state index in [-0.39, 0.29) is 0 Å². The molecule has 2 nitrogen and oxygen atoms in total. The lowest BCUT2D eigenvalue weighted by atomic mass is 10.1. The summed E-state index contributed by atoms with van der Waals surface area (Å²) >= 11 is 0. The maximum absolute atomic E-state index is 3.61. The largest absolute Gasteiger partial charge is 0.306 e. The molecule has 0 amide bonds. The normalized spacial score (nSPS) is 12.6. The van der Waals surface area contributed by atoms with Crippen LogP contribution in [0, 0.1) is 0 Å². The Morgan fingerprint density at radius 1 is 0.900 bits per heavy atom. The summed E-state index contributed by atoms with van der Waals surface area (Å²) in [5.41, 5.74) is 4.10. The van der Waals surface area contributed by atoms with Gasteiger partial charge in [0.2, 0.25) is 0 Å². The average molecular weight is 268 g/mol. The van der Waals surface area contributed by atoms with Crippen molar-refractivity contribution in [2.24, 2.45) is 0 Å². The molecule has 20 heavy (non-hydrogen) atoms. The molecule has 0 aliphatic heterocycles. The summed E-state index contributed by atoms with van der Waals surface area (Å²) in [6.45, 7) is 4.10. The SMILES string of the molecule is CC(NCc1ccccc1CN(C)C)c1ccccc1. The fourth-order valence-corrected chi connectivity index (χ4v) is 2.35. The first-order chi connectivity index (χ1) is 9.66. The van der Waals surface area contributed by atoms with Crippen molar-refractivity contribution in [1.29, 1.82) is 0 Å². The molecule has 106 valence electrons. The van der Waals surface area contributed by atoms with Crippen molar-refractivity contribution in [2.75, 3.05) is 14.1 Å². The Balaban J connectivity index is 2.00. The van der Waals surface area contributed by atoms with Crippen LogP contribution in [0.3, 0.4) is 0 Å². The summed E-state index contributed by atoms with van der Waals surface area (Å²) in [6.07, 6.45) is 0. The van der Waals surface area contributed by atoms with Crippen LogP contribution in [-0.4, -0.2) is 19.0 Å². The third-order valence-electron chi connectivity index (χ3n) is 3.50. The Labute approximate surface area is 122 Å². The third-order valence-corrected chi connectivity index (χ3v) is 3.50.